The van der Waals surface area contributed by atoms with E-state index in [1.165, 1.54) is 10.6 Å². The van der Waals surface area contributed by atoms with Crippen molar-refractivity contribution in [2.75, 3.05) is 17.1 Å². The van der Waals surface area contributed by atoms with Gasteiger partial charge in [-0.05, 0) is 50.8 Å². The number of sulfonamides is 1. The third-order valence-electron chi connectivity index (χ3n) is 6.50. The van der Waals surface area contributed by atoms with Gasteiger partial charge in [0.2, 0.25) is 21.8 Å². The van der Waals surface area contributed by atoms with E-state index in [0.717, 1.165) is 36.8 Å². The topological polar surface area (TPSA) is 86.8 Å². The SMILES string of the molecule is Cc1cccc(CN(C(=O)CCCN(c2ccccc2)S(C)(=O)=O)C(C)C(=O)NC2CCCC2)c1. The number of amides is 2. The second-order valence-corrected chi connectivity index (χ2v) is 11.4. The molecule has 190 valence electrons. The molecule has 0 spiro atoms. The van der Waals surface area contributed by atoms with Crippen molar-refractivity contribution in [1.29, 1.82) is 0 Å². The van der Waals surface area contributed by atoms with Crippen LogP contribution in [0.2, 0.25) is 0 Å². The monoisotopic (exact) mass is 499 g/mol. The van der Waals surface area contributed by atoms with Crippen LogP contribution in [-0.4, -0.2) is 50.0 Å². The Hall–Kier alpha value is -2.87. The first-order chi connectivity index (χ1) is 16.6. The average Bonchev–Trinajstić information content (AvgIpc) is 3.32. The standard InChI is InChI=1S/C27H37N3O4S/c1-21-11-9-12-23(19-21)20-29(22(2)27(32)28-24-13-7-8-14-24)26(31)17-10-18-30(35(3,33)34)25-15-5-4-6-16-25/h4-6,9,11-12,15-16,19,22,24H,7-8,10,13-14,17-18,20H2,1-3H3,(H,28,32). The lowest BCUT2D eigenvalue weighted by Gasteiger charge is -2.30. The molecule has 7 nitrogen and oxygen atoms in total. The molecule has 1 aliphatic rings. The van der Waals surface area contributed by atoms with E-state index in [-0.39, 0.29) is 30.8 Å². The molecule has 0 heterocycles. The molecular formula is C27H37N3O4S. The van der Waals surface area contributed by atoms with Crippen LogP contribution in [0.15, 0.2) is 54.6 Å². The number of benzene rings is 2. The first kappa shape index (κ1) is 26.7. The summed E-state index contributed by atoms with van der Waals surface area (Å²) < 4.78 is 26.0. The van der Waals surface area contributed by atoms with Crippen molar-refractivity contribution >= 4 is 27.5 Å². The molecule has 35 heavy (non-hydrogen) atoms. The number of aryl methyl sites for hydroxylation is 1. The van der Waals surface area contributed by atoms with E-state index in [9.17, 15) is 18.0 Å². The van der Waals surface area contributed by atoms with Gasteiger partial charge in [-0.1, -0.05) is 60.9 Å². The van der Waals surface area contributed by atoms with Crippen LogP contribution in [0.5, 0.6) is 0 Å². The molecule has 0 radical (unpaired) electrons. The maximum atomic E-state index is 13.4. The van der Waals surface area contributed by atoms with Gasteiger partial charge in [0.1, 0.15) is 6.04 Å². The van der Waals surface area contributed by atoms with Gasteiger partial charge in [-0.2, -0.15) is 0 Å². The van der Waals surface area contributed by atoms with Gasteiger partial charge in [-0.25, -0.2) is 8.42 Å². The summed E-state index contributed by atoms with van der Waals surface area (Å²) in [4.78, 5) is 28.0. The van der Waals surface area contributed by atoms with Gasteiger partial charge in [-0.15, -0.1) is 0 Å². The Morgan fingerprint density at radius 1 is 1.06 bits per heavy atom. The molecule has 1 aliphatic carbocycles. The molecule has 2 aromatic rings. The van der Waals surface area contributed by atoms with Gasteiger partial charge >= 0.3 is 0 Å². The van der Waals surface area contributed by atoms with E-state index in [4.69, 9.17) is 0 Å². The zero-order valence-corrected chi connectivity index (χ0v) is 21.8. The second-order valence-electron chi connectivity index (χ2n) is 9.45. The van der Waals surface area contributed by atoms with E-state index in [2.05, 4.69) is 5.32 Å². The highest BCUT2D eigenvalue weighted by Crippen LogP contribution is 2.20. The molecule has 1 saturated carbocycles. The van der Waals surface area contributed by atoms with Crippen molar-refractivity contribution in [2.45, 2.75) is 71.0 Å². The predicted molar refractivity (Wildman–Crippen MR) is 139 cm³/mol. The number of nitrogens with zero attached hydrogens (tertiary/aromatic N) is 2. The van der Waals surface area contributed by atoms with Crippen LogP contribution in [-0.2, 0) is 26.2 Å². The van der Waals surface area contributed by atoms with Crippen LogP contribution >= 0.6 is 0 Å². The highest BCUT2D eigenvalue weighted by atomic mass is 32.2. The zero-order chi connectivity index (χ0) is 25.4. The van der Waals surface area contributed by atoms with Gasteiger partial charge < -0.3 is 10.2 Å². The molecule has 8 heteroatoms. The Labute approximate surface area is 209 Å². The minimum Gasteiger partial charge on any atom is -0.352 e. The number of rotatable bonds is 11. The van der Waals surface area contributed by atoms with E-state index in [1.54, 1.807) is 36.1 Å². The third kappa shape index (κ3) is 7.82. The summed E-state index contributed by atoms with van der Waals surface area (Å²) in [7, 11) is -3.49. The maximum Gasteiger partial charge on any atom is 0.242 e. The Balaban J connectivity index is 1.70. The number of anilines is 1. The molecule has 0 saturated heterocycles. The fraction of sp³-hybridized carbons (Fsp3) is 0.481. The molecule has 0 aromatic heterocycles. The quantitative estimate of drug-likeness (QED) is 0.506. The summed E-state index contributed by atoms with van der Waals surface area (Å²) in [5, 5.41) is 3.11. The molecule has 1 fully saturated rings. The van der Waals surface area contributed by atoms with Crippen LogP contribution < -0.4 is 9.62 Å². The van der Waals surface area contributed by atoms with Crippen LogP contribution in [0.4, 0.5) is 5.69 Å². The fourth-order valence-corrected chi connectivity index (χ4v) is 5.55. The van der Waals surface area contributed by atoms with Gasteiger partial charge in [0.25, 0.3) is 0 Å². The average molecular weight is 500 g/mol. The van der Waals surface area contributed by atoms with Crippen molar-refractivity contribution in [1.82, 2.24) is 10.2 Å². The molecule has 2 aromatic carbocycles. The fourth-order valence-electron chi connectivity index (χ4n) is 4.58. The summed E-state index contributed by atoms with van der Waals surface area (Å²) in [6.45, 7) is 4.28. The Morgan fingerprint density at radius 3 is 2.37 bits per heavy atom. The van der Waals surface area contributed by atoms with Crippen LogP contribution in [0, 0.1) is 6.92 Å². The minimum absolute atomic E-state index is 0.139. The normalized spacial score (nSPS) is 14.9. The lowest BCUT2D eigenvalue weighted by molar-refractivity contribution is -0.141. The maximum absolute atomic E-state index is 13.4. The van der Waals surface area contributed by atoms with Crippen LogP contribution in [0.25, 0.3) is 0 Å². The van der Waals surface area contributed by atoms with Gasteiger partial charge in [-0.3, -0.25) is 13.9 Å². The van der Waals surface area contributed by atoms with E-state index < -0.39 is 16.1 Å². The lowest BCUT2D eigenvalue weighted by Crippen LogP contribution is -2.49. The number of hydrogen-bond acceptors (Lipinski definition) is 4. The van der Waals surface area contributed by atoms with Crippen LogP contribution in [0.1, 0.15) is 56.6 Å². The Bertz CT molecular complexity index is 1100. The smallest absolute Gasteiger partial charge is 0.242 e. The third-order valence-corrected chi connectivity index (χ3v) is 7.69. The Kier molecular flexibility index (Phi) is 9.32. The first-order valence-corrected chi connectivity index (χ1v) is 14.2. The molecule has 1 N–H and O–H groups in total. The largest absolute Gasteiger partial charge is 0.352 e. The molecule has 0 bridgehead atoms. The van der Waals surface area contributed by atoms with Gasteiger partial charge in [0.15, 0.2) is 0 Å². The van der Waals surface area contributed by atoms with Crippen molar-refractivity contribution in [2.24, 2.45) is 0 Å². The lowest BCUT2D eigenvalue weighted by atomic mass is 10.1. The molecule has 0 aliphatic heterocycles. The number of nitrogens with one attached hydrogen (secondary N) is 1. The number of para-hydroxylation sites is 1. The van der Waals surface area contributed by atoms with Crippen molar-refractivity contribution in [3.8, 4) is 0 Å². The molecular weight excluding hydrogens is 462 g/mol. The van der Waals surface area contributed by atoms with Gasteiger partial charge in [0.05, 0.1) is 11.9 Å². The zero-order valence-electron chi connectivity index (χ0n) is 20.9. The summed E-state index contributed by atoms with van der Waals surface area (Å²) in [5.74, 6) is -0.304. The molecule has 1 unspecified atom stereocenters. The summed E-state index contributed by atoms with van der Waals surface area (Å²) in [6.07, 6.45) is 5.85. The summed E-state index contributed by atoms with van der Waals surface area (Å²) in [5.41, 5.74) is 2.62. The molecule has 2 amide bonds. The second kappa shape index (κ2) is 12.2. The summed E-state index contributed by atoms with van der Waals surface area (Å²) in [6, 6.07) is 16.3. The highest BCUT2D eigenvalue weighted by molar-refractivity contribution is 7.92. The summed E-state index contributed by atoms with van der Waals surface area (Å²) >= 11 is 0. The number of carbonyl (C=O) groups is 2. The Morgan fingerprint density at radius 2 is 1.74 bits per heavy atom. The van der Waals surface area contributed by atoms with Crippen LogP contribution in [0.3, 0.4) is 0 Å². The minimum atomic E-state index is -3.49. The van der Waals surface area contributed by atoms with Crippen molar-refractivity contribution in [3.05, 3.63) is 65.7 Å². The van der Waals surface area contributed by atoms with E-state index >= 15 is 0 Å². The van der Waals surface area contributed by atoms with Gasteiger partial charge in [0, 0.05) is 25.6 Å². The predicted octanol–water partition coefficient (Wildman–Crippen LogP) is 4.02. The number of hydrogen-bond donors (Lipinski definition) is 1. The van der Waals surface area contributed by atoms with Crippen molar-refractivity contribution in [3.63, 3.8) is 0 Å². The highest BCUT2D eigenvalue weighted by Gasteiger charge is 2.28. The van der Waals surface area contributed by atoms with E-state index in [1.807, 2.05) is 37.3 Å². The van der Waals surface area contributed by atoms with Crippen molar-refractivity contribution < 1.29 is 18.0 Å². The first-order valence-electron chi connectivity index (χ1n) is 12.3. The van der Waals surface area contributed by atoms with E-state index in [0.29, 0.717) is 18.7 Å². The molecule has 1 atom stereocenters. The molecule has 3 rings (SSSR count). The number of carbonyl (C=O) groups excluding carboxylic acids is 2.